The second-order valence-electron chi connectivity index (χ2n) is 7.14. The minimum absolute atomic E-state index is 0.192. The van der Waals surface area contributed by atoms with Gasteiger partial charge in [0.1, 0.15) is 16.2 Å². The molecule has 2 heterocycles. The molecule has 0 bridgehead atoms. The van der Waals surface area contributed by atoms with Gasteiger partial charge in [-0.05, 0) is 18.6 Å². The van der Waals surface area contributed by atoms with Crippen LogP contribution >= 0.6 is 11.8 Å². The van der Waals surface area contributed by atoms with Crippen molar-refractivity contribution < 1.29 is 5.11 Å². The summed E-state index contributed by atoms with van der Waals surface area (Å²) in [6.07, 6.45) is 2.62. The Labute approximate surface area is 151 Å². The van der Waals surface area contributed by atoms with Crippen LogP contribution in [0.1, 0.15) is 45.9 Å². The molecule has 1 N–H and O–H groups in total. The van der Waals surface area contributed by atoms with E-state index in [1.807, 2.05) is 20.8 Å². The Morgan fingerprint density at radius 2 is 1.72 bits per heavy atom. The van der Waals surface area contributed by atoms with Gasteiger partial charge in [-0.2, -0.15) is 0 Å². The number of aliphatic hydroxyl groups is 1. The quantitative estimate of drug-likeness (QED) is 0.474. The van der Waals surface area contributed by atoms with Gasteiger partial charge in [0.15, 0.2) is 5.65 Å². The van der Waals surface area contributed by atoms with E-state index in [0.29, 0.717) is 21.9 Å². The van der Waals surface area contributed by atoms with Crippen LogP contribution in [0.4, 0.5) is 0 Å². The predicted molar refractivity (Wildman–Crippen MR) is 100 cm³/mol. The summed E-state index contributed by atoms with van der Waals surface area (Å²) < 4.78 is 2.50. The van der Waals surface area contributed by atoms with E-state index < -0.39 is 5.69 Å². The summed E-state index contributed by atoms with van der Waals surface area (Å²) in [7, 11) is 3.09. The predicted octanol–water partition coefficient (Wildman–Crippen LogP) is 1.58. The first kappa shape index (κ1) is 19.7. The first-order valence-electron chi connectivity index (χ1n) is 8.40. The van der Waals surface area contributed by atoms with E-state index in [1.54, 1.807) is 7.05 Å². The first-order chi connectivity index (χ1) is 11.7. The molecule has 0 aliphatic heterocycles. The third kappa shape index (κ3) is 4.12. The van der Waals surface area contributed by atoms with Gasteiger partial charge in [-0.15, -0.1) is 11.8 Å². The van der Waals surface area contributed by atoms with Gasteiger partial charge in [-0.1, -0.05) is 27.2 Å². The Kier molecular flexibility index (Phi) is 6.05. The fourth-order valence-corrected chi connectivity index (χ4v) is 3.44. The molecule has 138 valence electrons. The summed E-state index contributed by atoms with van der Waals surface area (Å²) in [5.41, 5.74) is -0.672. The summed E-state index contributed by atoms with van der Waals surface area (Å²) in [5, 5.41) is 9.88. The number of hydrogen-bond acceptors (Lipinski definition) is 6. The molecule has 0 radical (unpaired) electrons. The Morgan fingerprint density at radius 3 is 2.32 bits per heavy atom. The lowest BCUT2D eigenvalue weighted by atomic mass is 9.96. The maximum atomic E-state index is 12.6. The molecular weight excluding hydrogens is 340 g/mol. The maximum Gasteiger partial charge on any atom is 0.332 e. The van der Waals surface area contributed by atoms with Crippen LogP contribution in [0.15, 0.2) is 14.6 Å². The number of aryl methyl sites for hydroxylation is 1. The standard InChI is InChI=1S/C17H26N4O3S/c1-17(2,3)15-18-12-11(14(23)21(5)16(24)20(12)4)13(19-15)25-10-8-6-7-9-22/h22H,6-10H2,1-5H3. The van der Waals surface area contributed by atoms with Gasteiger partial charge in [-0.3, -0.25) is 13.9 Å². The van der Waals surface area contributed by atoms with Gasteiger partial charge in [0.2, 0.25) is 0 Å². The van der Waals surface area contributed by atoms with E-state index in [4.69, 9.17) is 5.11 Å². The number of aliphatic hydroxyl groups excluding tert-OH is 1. The van der Waals surface area contributed by atoms with Crippen LogP contribution < -0.4 is 11.2 Å². The topological polar surface area (TPSA) is 90.0 Å². The molecule has 0 saturated carbocycles. The first-order valence-corrected chi connectivity index (χ1v) is 9.39. The summed E-state index contributed by atoms with van der Waals surface area (Å²) in [6, 6.07) is 0. The number of hydrogen-bond donors (Lipinski definition) is 1. The van der Waals surface area contributed by atoms with Crippen molar-refractivity contribution in [3.8, 4) is 0 Å². The van der Waals surface area contributed by atoms with Crippen LogP contribution in [0, 0.1) is 0 Å². The van der Waals surface area contributed by atoms with Crippen LogP contribution in [-0.2, 0) is 19.5 Å². The Hall–Kier alpha value is -1.67. The molecule has 0 unspecified atom stereocenters. The van der Waals surface area contributed by atoms with Crippen LogP contribution in [-0.4, -0.2) is 36.6 Å². The maximum absolute atomic E-state index is 12.6. The minimum Gasteiger partial charge on any atom is -0.396 e. The number of aromatic nitrogens is 4. The molecule has 25 heavy (non-hydrogen) atoms. The van der Waals surface area contributed by atoms with Gasteiger partial charge in [-0.25, -0.2) is 14.8 Å². The lowest BCUT2D eigenvalue weighted by Gasteiger charge is -2.19. The molecule has 0 aromatic carbocycles. The van der Waals surface area contributed by atoms with Crippen LogP contribution in [0.2, 0.25) is 0 Å². The van der Waals surface area contributed by atoms with Crippen LogP contribution in [0.3, 0.4) is 0 Å². The second kappa shape index (κ2) is 7.70. The molecule has 0 aliphatic rings. The van der Waals surface area contributed by atoms with Crippen molar-refractivity contribution in [1.29, 1.82) is 0 Å². The zero-order valence-electron chi connectivity index (χ0n) is 15.5. The fourth-order valence-electron chi connectivity index (χ4n) is 2.43. The van der Waals surface area contributed by atoms with Gasteiger partial charge >= 0.3 is 5.69 Å². The number of nitrogens with zero attached hydrogens (tertiary/aromatic N) is 4. The van der Waals surface area contributed by atoms with Crippen molar-refractivity contribution in [2.45, 2.75) is 50.5 Å². The van der Waals surface area contributed by atoms with E-state index in [0.717, 1.165) is 29.6 Å². The largest absolute Gasteiger partial charge is 0.396 e. The SMILES string of the molecule is Cn1c(=O)c2c(SCCCCCO)nc(C(C)(C)C)nc2n(C)c1=O. The highest BCUT2D eigenvalue weighted by molar-refractivity contribution is 7.99. The third-order valence-corrected chi connectivity index (χ3v) is 5.04. The molecule has 2 rings (SSSR count). The van der Waals surface area contributed by atoms with E-state index in [-0.39, 0.29) is 17.6 Å². The molecule has 0 aliphatic carbocycles. The lowest BCUT2D eigenvalue weighted by Crippen LogP contribution is -2.38. The molecule has 2 aromatic heterocycles. The second-order valence-corrected chi connectivity index (χ2v) is 8.22. The average molecular weight is 366 g/mol. The molecular formula is C17H26N4O3S. The van der Waals surface area contributed by atoms with Crippen molar-refractivity contribution in [2.24, 2.45) is 14.1 Å². The van der Waals surface area contributed by atoms with Crippen molar-refractivity contribution in [1.82, 2.24) is 19.1 Å². The van der Waals surface area contributed by atoms with Crippen molar-refractivity contribution >= 4 is 22.8 Å². The number of rotatable bonds is 6. The summed E-state index contributed by atoms with van der Waals surface area (Å²) in [4.78, 5) is 34.0. The molecule has 0 spiro atoms. The normalized spacial score (nSPS) is 12.1. The highest BCUT2D eigenvalue weighted by atomic mass is 32.2. The average Bonchev–Trinajstić information content (AvgIpc) is 2.56. The van der Waals surface area contributed by atoms with Crippen molar-refractivity contribution in [3.05, 3.63) is 26.7 Å². The fraction of sp³-hybridized carbons (Fsp3) is 0.647. The number of fused-ring (bicyclic) bond motifs is 1. The van der Waals surface area contributed by atoms with Crippen molar-refractivity contribution in [3.63, 3.8) is 0 Å². The smallest absolute Gasteiger partial charge is 0.332 e. The van der Waals surface area contributed by atoms with E-state index >= 15 is 0 Å². The Balaban J connectivity index is 2.60. The zero-order chi connectivity index (χ0) is 18.8. The van der Waals surface area contributed by atoms with Gasteiger partial charge < -0.3 is 5.11 Å². The molecule has 8 heteroatoms. The molecule has 7 nitrogen and oxygen atoms in total. The molecule has 0 fully saturated rings. The molecule has 2 aromatic rings. The van der Waals surface area contributed by atoms with Crippen LogP contribution in [0.25, 0.3) is 11.0 Å². The molecule has 0 amide bonds. The Morgan fingerprint density at radius 1 is 1.04 bits per heavy atom. The summed E-state index contributed by atoms with van der Waals surface area (Å²) in [5.74, 6) is 1.41. The number of thioether (sulfide) groups is 1. The van der Waals surface area contributed by atoms with E-state index in [1.165, 1.54) is 23.4 Å². The monoisotopic (exact) mass is 366 g/mol. The highest BCUT2D eigenvalue weighted by Crippen LogP contribution is 2.27. The minimum atomic E-state index is -0.394. The zero-order valence-corrected chi connectivity index (χ0v) is 16.3. The van der Waals surface area contributed by atoms with E-state index in [9.17, 15) is 9.59 Å². The lowest BCUT2D eigenvalue weighted by molar-refractivity contribution is 0.284. The van der Waals surface area contributed by atoms with E-state index in [2.05, 4.69) is 9.97 Å². The third-order valence-electron chi connectivity index (χ3n) is 3.98. The van der Waals surface area contributed by atoms with Crippen molar-refractivity contribution in [2.75, 3.05) is 12.4 Å². The molecule has 0 atom stereocenters. The Bertz CT molecular complexity index is 881. The van der Waals surface area contributed by atoms with Crippen LogP contribution in [0.5, 0.6) is 0 Å². The summed E-state index contributed by atoms with van der Waals surface area (Å²) >= 11 is 1.51. The van der Waals surface area contributed by atoms with Gasteiger partial charge in [0.25, 0.3) is 5.56 Å². The molecule has 0 saturated heterocycles. The van der Waals surface area contributed by atoms with Gasteiger partial charge in [0, 0.05) is 26.1 Å². The summed E-state index contributed by atoms with van der Waals surface area (Å²) in [6.45, 7) is 6.20. The highest BCUT2D eigenvalue weighted by Gasteiger charge is 2.23. The van der Waals surface area contributed by atoms with Gasteiger partial charge in [0.05, 0.1) is 0 Å². The number of unbranched alkanes of at least 4 members (excludes halogenated alkanes) is 2.